The van der Waals surface area contributed by atoms with Crippen molar-refractivity contribution in [2.75, 3.05) is 13.2 Å². The highest BCUT2D eigenvalue weighted by Crippen LogP contribution is 2.28. The van der Waals surface area contributed by atoms with Gasteiger partial charge >= 0.3 is 11.9 Å². The highest BCUT2D eigenvalue weighted by molar-refractivity contribution is 5.99. The molecule has 0 bridgehead atoms. The molecule has 8 nitrogen and oxygen atoms in total. The second-order valence-electron chi connectivity index (χ2n) is 4.86. The molecule has 0 spiro atoms. The summed E-state index contributed by atoms with van der Waals surface area (Å²) < 4.78 is 9.89. The van der Waals surface area contributed by atoms with E-state index >= 15 is 0 Å². The maximum Gasteiger partial charge on any atom is 0.356 e. The van der Waals surface area contributed by atoms with E-state index in [1.807, 2.05) is 0 Å². The molecule has 0 amide bonds. The Morgan fingerprint density at radius 1 is 1.12 bits per heavy atom. The van der Waals surface area contributed by atoms with Crippen LogP contribution in [-0.2, 0) is 9.47 Å². The number of esters is 2. The molecule has 0 N–H and O–H groups in total. The van der Waals surface area contributed by atoms with Crippen LogP contribution in [0.2, 0.25) is 0 Å². The molecule has 2 aromatic rings. The molecule has 25 heavy (non-hydrogen) atoms. The number of pyridine rings is 1. The Morgan fingerprint density at radius 3 is 2.44 bits per heavy atom. The van der Waals surface area contributed by atoms with Crippen LogP contribution in [0.25, 0.3) is 11.1 Å². The minimum Gasteiger partial charge on any atom is -0.462 e. The summed E-state index contributed by atoms with van der Waals surface area (Å²) in [6, 6.07) is 7.10. The lowest BCUT2D eigenvalue weighted by molar-refractivity contribution is -0.384. The first kappa shape index (κ1) is 18.1. The molecule has 0 atom stereocenters. The number of benzene rings is 1. The van der Waals surface area contributed by atoms with Gasteiger partial charge < -0.3 is 9.47 Å². The predicted molar refractivity (Wildman–Crippen MR) is 88.2 cm³/mol. The lowest BCUT2D eigenvalue weighted by Gasteiger charge is -2.10. The van der Waals surface area contributed by atoms with Gasteiger partial charge in [0.2, 0.25) is 0 Å². The van der Waals surface area contributed by atoms with Gasteiger partial charge in [-0.25, -0.2) is 14.6 Å². The normalized spacial score (nSPS) is 10.2. The Labute approximate surface area is 143 Å². The summed E-state index contributed by atoms with van der Waals surface area (Å²) in [5, 5.41) is 11.0. The minimum atomic E-state index is -0.649. The molecule has 1 aromatic carbocycles. The van der Waals surface area contributed by atoms with Crippen molar-refractivity contribution in [1.82, 2.24) is 4.98 Å². The number of hydrogen-bond donors (Lipinski definition) is 0. The highest BCUT2D eigenvalue weighted by Gasteiger charge is 2.20. The Hall–Kier alpha value is -3.29. The number of rotatable bonds is 6. The fraction of sp³-hybridized carbons (Fsp3) is 0.235. The summed E-state index contributed by atoms with van der Waals surface area (Å²) in [5.74, 6) is -1.28. The third kappa shape index (κ3) is 4.17. The Bertz CT molecular complexity index is 819. The van der Waals surface area contributed by atoms with E-state index < -0.39 is 16.9 Å². The van der Waals surface area contributed by atoms with Crippen molar-refractivity contribution in [3.05, 3.63) is 57.9 Å². The number of non-ortho nitro benzene ring substituents is 1. The number of nitro benzene ring substituents is 1. The average molecular weight is 344 g/mol. The number of carbonyl (C=O) groups is 2. The third-order valence-corrected chi connectivity index (χ3v) is 3.25. The first-order valence-corrected chi connectivity index (χ1v) is 7.57. The third-order valence-electron chi connectivity index (χ3n) is 3.25. The molecule has 0 aliphatic heterocycles. The fourth-order valence-corrected chi connectivity index (χ4v) is 2.17. The SMILES string of the molecule is CCOC(=O)c1cc(-c2cccc([N+](=O)[O-])c2)c(C(=O)OCC)cn1. The molecule has 0 unspecified atom stereocenters. The molecular formula is C17H16N2O6. The van der Waals surface area contributed by atoms with Crippen molar-refractivity contribution in [1.29, 1.82) is 0 Å². The molecular weight excluding hydrogens is 328 g/mol. The first-order valence-electron chi connectivity index (χ1n) is 7.57. The Balaban J connectivity index is 2.59. The summed E-state index contributed by atoms with van der Waals surface area (Å²) in [4.78, 5) is 38.4. The summed E-state index contributed by atoms with van der Waals surface area (Å²) in [6.07, 6.45) is 1.21. The van der Waals surface area contributed by atoms with Gasteiger partial charge in [0.05, 0.1) is 23.7 Å². The predicted octanol–water partition coefficient (Wildman–Crippen LogP) is 3.01. The molecule has 0 fully saturated rings. The zero-order chi connectivity index (χ0) is 18.4. The number of hydrogen-bond acceptors (Lipinski definition) is 7. The molecule has 0 radical (unpaired) electrons. The topological polar surface area (TPSA) is 109 Å². The number of nitro groups is 1. The quantitative estimate of drug-likeness (QED) is 0.450. The van der Waals surface area contributed by atoms with Gasteiger partial charge in [0.15, 0.2) is 0 Å². The largest absolute Gasteiger partial charge is 0.462 e. The smallest absolute Gasteiger partial charge is 0.356 e. The molecule has 0 saturated heterocycles. The van der Waals surface area contributed by atoms with Crippen LogP contribution >= 0.6 is 0 Å². The molecule has 1 heterocycles. The van der Waals surface area contributed by atoms with E-state index in [1.165, 1.54) is 30.5 Å². The molecule has 2 rings (SSSR count). The second-order valence-corrected chi connectivity index (χ2v) is 4.86. The minimum absolute atomic E-state index is 0.00333. The molecule has 1 aromatic heterocycles. The molecule has 0 aliphatic rings. The number of aromatic nitrogens is 1. The van der Waals surface area contributed by atoms with Gasteiger partial charge in [-0.05, 0) is 25.5 Å². The lowest BCUT2D eigenvalue weighted by Crippen LogP contribution is -2.11. The molecule has 0 saturated carbocycles. The zero-order valence-electron chi connectivity index (χ0n) is 13.7. The van der Waals surface area contributed by atoms with Crippen LogP contribution in [0, 0.1) is 10.1 Å². The van der Waals surface area contributed by atoms with Crippen molar-refractivity contribution < 1.29 is 24.0 Å². The summed E-state index contributed by atoms with van der Waals surface area (Å²) in [6.45, 7) is 3.65. The number of nitrogens with zero attached hydrogens (tertiary/aromatic N) is 2. The Morgan fingerprint density at radius 2 is 1.80 bits per heavy atom. The van der Waals surface area contributed by atoms with Crippen LogP contribution in [0.15, 0.2) is 36.5 Å². The zero-order valence-corrected chi connectivity index (χ0v) is 13.7. The lowest BCUT2D eigenvalue weighted by atomic mass is 10.00. The fourth-order valence-electron chi connectivity index (χ4n) is 2.17. The monoisotopic (exact) mass is 344 g/mol. The Kier molecular flexibility index (Phi) is 5.78. The van der Waals surface area contributed by atoms with E-state index in [9.17, 15) is 19.7 Å². The second kappa shape index (κ2) is 8.00. The summed E-state index contributed by atoms with van der Waals surface area (Å²) >= 11 is 0. The van der Waals surface area contributed by atoms with Crippen molar-refractivity contribution in [3.8, 4) is 11.1 Å². The van der Waals surface area contributed by atoms with Crippen LogP contribution in [0.3, 0.4) is 0 Å². The van der Waals surface area contributed by atoms with Crippen molar-refractivity contribution in [3.63, 3.8) is 0 Å². The van der Waals surface area contributed by atoms with Gasteiger partial charge in [0, 0.05) is 23.9 Å². The number of ether oxygens (including phenoxy) is 2. The highest BCUT2D eigenvalue weighted by atomic mass is 16.6. The summed E-state index contributed by atoms with van der Waals surface area (Å²) in [7, 11) is 0. The van der Waals surface area contributed by atoms with Gasteiger partial charge in [-0.3, -0.25) is 10.1 Å². The van der Waals surface area contributed by atoms with E-state index in [0.717, 1.165) is 0 Å². The van der Waals surface area contributed by atoms with Crippen LogP contribution < -0.4 is 0 Å². The molecule has 8 heteroatoms. The van der Waals surface area contributed by atoms with Gasteiger partial charge in [-0.1, -0.05) is 12.1 Å². The van der Waals surface area contributed by atoms with E-state index in [-0.39, 0.29) is 30.2 Å². The van der Waals surface area contributed by atoms with Crippen LogP contribution in [0.1, 0.15) is 34.7 Å². The van der Waals surface area contributed by atoms with E-state index in [4.69, 9.17) is 9.47 Å². The molecule has 130 valence electrons. The number of carbonyl (C=O) groups excluding carboxylic acids is 2. The summed E-state index contributed by atoms with van der Waals surface area (Å²) in [5.41, 5.74) is 0.666. The van der Waals surface area contributed by atoms with Crippen LogP contribution in [0.4, 0.5) is 5.69 Å². The van der Waals surface area contributed by atoms with Gasteiger partial charge in [0.1, 0.15) is 5.69 Å². The van der Waals surface area contributed by atoms with Crippen LogP contribution in [-0.4, -0.2) is 35.1 Å². The van der Waals surface area contributed by atoms with Crippen molar-refractivity contribution in [2.45, 2.75) is 13.8 Å². The van der Waals surface area contributed by atoms with E-state index in [2.05, 4.69) is 4.98 Å². The van der Waals surface area contributed by atoms with Gasteiger partial charge in [-0.15, -0.1) is 0 Å². The first-order chi connectivity index (χ1) is 12.0. The van der Waals surface area contributed by atoms with E-state index in [0.29, 0.717) is 11.1 Å². The van der Waals surface area contributed by atoms with Gasteiger partial charge in [-0.2, -0.15) is 0 Å². The standard InChI is InChI=1S/C17H16N2O6/c1-3-24-16(20)14-10-18-15(17(21)25-4-2)9-13(14)11-6-5-7-12(8-11)19(22)23/h5-10H,3-4H2,1-2H3. The van der Waals surface area contributed by atoms with Crippen molar-refractivity contribution in [2.24, 2.45) is 0 Å². The molecule has 0 aliphatic carbocycles. The maximum absolute atomic E-state index is 12.2. The average Bonchev–Trinajstić information content (AvgIpc) is 2.61. The maximum atomic E-state index is 12.2. The van der Waals surface area contributed by atoms with Crippen molar-refractivity contribution >= 4 is 17.6 Å². The van der Waals surface area contributed by atoms with Crippen LogP contribution in [0.5, 0.6) is 0 Å². The van der Waals surface area contributed by atoms with E-state index in [1.54, 1.807) is 19.9 Å². The van der Waals surface area contributed by atoms with Gasteiger partial charge in [0.25, 0.3) is 5.69 Å².